The van der Waals surface area contributed by atoms with Crippen molar-refractivity contribution in [3.8, 4) is 5.69 Å². The van der Waals surface area contributed by atoms with Crippen LogP contribution in [0.5, 0.6) is 0 Å². The summed E-state index contributed by atoms with van der Waals surface area (Å²) in [6, 6.07) is 13.1. The standard InChI is InChI=1S/C21H21FN4O2/c1-2-20(27)23-12-16-13-25-26(14-16)19-8-6-17(7-9-19)21(28)24-11-15-4-3-5-18(22)10-15/h3-10,13-14H,2,11-12H2,1H3,(H,23,27)(H,24,28). The molecule has 0 aliphatic heterocycles. The van der Waals surface area contributed by atoms with Crippen LogP contribution < -0.4 is 10.6 Å². The number of amides is 2. The minimum atomic E-state index is -0.330. The van der Waals surface area contributed by atoms with Crippen molar-refractivity contribution in [3.05, 3.63) is 83.4 Å². The van der Waals surface area contributed by atoms with E-state index in [1.165, 1.54) is 12.1 Å². The normalized spacial score (nSPS) is 10.5. The Morgan fingerprint density at radius 1 is 1.04 bits per heavy atom. The van der Waals surface area contributed by atoms with Gasteiger partial charge in [0.15, 0.2) is 0 Å². The molecule has 0 saturated heterocycles. The van der Waals surface area contributed by atoms with E-state index in [2.05, 4.69) is 15.7 Å². The Balaban J connectivity index is 1.59. The summed E-state index contributed by atoms with van der Waals surface area (Å²) >= 11 is 0. The lowest BCUT2D eigenvalue weighted by Crippen LogP contribution is -2.22. The molecule has 0 fully saturated rings. The Bertz CT molecular complexity index is 967. The van der Waals surface area contributed by atoms with Gasteiger partial charge in [0.05, 0.1) is 11.9 Å². The van der Waals surface area contributed by atoms with E-state index in [9.17, 15) is 14.0 Å². The van der Waals surface area contributed by atoms with Gasteiger partial charge in [-0.2, -0.15) is 5.10 Å². The molecule has 2 N–H and O–H groups in total. The fourth-order valence-electron chi connectivity index (χ4n) is 2.62. The Morgan fingerprint density at radius 2 is 1.79 bits per heavy atom. The average molecular weight is 380 g/mol. The maximum Gasteiger partial charge on any atom is 0.251 e. The van der Waals surface area contributed by atoms with Gasteiger partial charge >= 0.3 is 0 Å². The van der Waals surface area contributed by atoms with Crippen molar-refractivity contribution in [3.63, 3.8) is 0 Å². The highest BCUT2D eigenvalue weighted by Gasteiger charge is 2.07. The Hall–Kier alpha value is -3.48. The van der Waals surface area contributed by atoms with Gasteiger partial charge in [0.25, 0.3) is 5.91 Å². The summed E-state index contributed by atoms with van der Waals surface area (Å²) in [5.41, 5.74) is 2.89. The minimum absolute atomic E-state index is 0.0126. The number of hydrogen-bond donors (Lipinski definition) is 2. The second-order valence-electron chi connectivity index (χ2n) is 6.28. The van der Waals surface area contributed by atoms with E-state index in [-0.39, 0.29) is 24.2 Å². The predicted octanol–water partition coefficient (Wildman–Crippen LogP) is 2.97. The molecule has 3 aromatic rings. The number of benzene rings is 2. The van der Waals surface area contributed by atoms with Crippen LogP contribution in [0.4, 0.5) is 4.39 Å². The molecule has 0 saturated carbocycles. The molecule has 0 spiro atoms. The van der Waals surface area contributed by atoms with Gasteiger partial charge in [0, 0.05) is 36.8 Å². The van der Waals surface area contributed by atoms with Crippen LogP contribution >= 0.6 is 0 Å². The van der Waals surface area contributed by atoms with E-state index in [1.54, 1.807) is 54.2 Å². The van der Waals surface area contributed by atoms with Crippen molar-refractivity contribution in [2.75, 3.05) is 0 Å². The van der Waals surface area contributed by atoms with Crippen LogP contribution in [0.3, 0.4) is 0 Å². The number of rotatable bonds is 7. The van der Waals surface area contributed by atoms with Crippen molar-refractivity contribution in [2.45, 2.75) is 26.4 Å². The number of hydrogen-bond acceptors (Lipinski definition) is 3. The zero-order chi connectivity index (χ0) is 19.9. The van der Waals surface area contributed by atoms with E-state index in [0.717, 1.165) is 11.3 Å². The molecule has 0 radical (unpaired) electrons. The van der Waals surface area contributed by atoms with Crippen molar-refractivity contribution < 1.29 is 14.0 Å². The zero-order valence-electron chi connectivity index (χ0n) is 15.5. The summed E-state index contributed by atoms with van der Waals surface area (Å²) in [5, 5.41) is 9.85. The first-order valence-electron chi connectivity index (χ1n) is 8.98. The summed E-state index contributed by atoms with van der Waals surface area (Å²) in [6.07, 6.45) is 3.96. The summed E-state index contributed by atoms with van der Waals surface area (Å²) in [5.74, 6) is -0.579. The molecule has 28 heavy (non-hydrogen) atoms. The van der Waals surface area contributed by atoms with Gasteiger partial charge in [-0.1, -0.05) is 19.1 Å². The van der Waals surface area contributed by atoms with E-state index >= 15 is 0 Å². The molecule has 0 unspecified atom stereocenters. The summed E-state index contributed by atoms with van der Waals surface area (Å²) < 4.78 is 14.9. The average Bonchev–Trinajstić information content (AvgIpc) is 3.19. The Morgan fingerprint density at radius 3 is 2.50 bits per heavy atom. The van der Waals surface area contributed by atoms with Crippen molar-refractivity contribution in [1.29, 1.82) is 0 Å². The second-order valence-corrected chi connectivity index (χ2v) is 6.28. The van der Waals surface area contributed by atoms with Gasteiger partial charge in [-0.05, 0) is 42.0 Å². The smallest absolute Gasteiger partial charge is 0.251 e. The molecule has 1 heterocycles. The fraction of sp³-hybridized carbons (Fsp3) is 0.190. The topological polar surface area (TPSA) is 76.0 Å². The molecule has 3 rings (SSSR count). The quantitative estimate of drug-likeness (QED) is 0.662. The maximum absolute atomic E-state index is 13.2. The molecular formula is C21H21FN4O2. The third-order valence-electron chi connectivity index (χ3n) is 4.18. The highest BCUT2D eigenvalue weighted by molar-refractivity contribution is 5.94. The number of nitrogens with one attached hydrogen (secondary N) is 2. The fourth-order valence-corrected chi connectivity index (χ4v) is 2.62. The van der Waals surface area contributed by atoms with E-state index in [4.69, 9.17) is 0 Å². The second kappa shape index (κ2) is 8.94. The molecular weight excluding hydrogens is 359 g/mol. The SMILES string of the molecule is CCC(=O)NCc1cnn(-c2ccc(C(=O)NCc3cccc(F)c3)cc2)c1. The lowest BCUT2D eigenvalue weighted by atomic mass is 10.1. The van der Waals surface area contributed by atoms with Crippen molar-refractivity contribution in [2.24, 2.45) is 0 Å². The van der Waals surface area contributed by atoms with E-state index in [1.807, 2.05) is 6.20 Å². The molecule has 0 aliphatic rings. The molecule has 144 valence electrons. The number of nitrogens with zero attached hydrogens (tertiary/aromatic N) is 2. The molecule has 0 atom stereocenters. The van der Waals surface area contributed by atoms with Crippen LogP contribution in [0, 0.1) is 5.82 Å². The molecule has 2 aromatic carbocycles. The zero-order valence-corrected chi connectivity index (χ0v) is 15.5. The Labute approximate surface area is 162 Å². The molecule has 0 aliphatic carbocycles. The van der Waals surface area contributed by atoms with Gasteiger partial charge in [0.1, 0.15) is 5.82 Å². The van der Waals surface area contributed by atoms with Gasteiger partial charge in [-0.3, -0.25) is 9.59 Å². The van der Waals surface area contributed by atoms with Gasteiger partial charge in [-0.25, -0.2) is 9.07 Å². The molecule has 1 aromatic heterocycles. The van der Waals surface area contributed by atoms with E-state index in [0.29, 0.717) is 24.1 Å². The lowest BCUT2D eigenvalue weighted by molar-refractivity contribution is -0.120. The Kier molecular flexibility index (Phi) is 6.16. The number of carbonyl (C=O) groups excluding carboxylic acids is 2. The third kappa shape index (κ3) is 5.03. The van der Waals surface area contributed by atoms with Gasteiger partial charge in [0.2, 0.25) is 5.91 Å². The predicted molar refractivity (Wildman–Crippen MR) is 103 cm³/mol. The first kappa shape index (κ1) is 19.3. The number of carbonyl (C=O) groups is 2. The molecule has 6 nitrogen and oxygen atoms in total. The monoisotopic (exact) mass is 380 g/mol. The van der Waals surface area contributed by atoms with Crippen LogP contribution in [0.2, 0.25) is 0 Å². The summed E-state index contributed by atoms with van der Waals surface area (Å²) in [6.45, 7) is 2.48. The van der Waals surface area contributed by atoms with Crippen LogP contribution in [0.25, 0.3) is 5.69 Å². The molecule has 7 heteroatoms. The number of aromatic nitrogens is 2. The minimum Gasteiger partial charge on any atom is -0.352 e. The number of halogens is 1. The van der Waals surface area contributed by atoms with Crippen molar-refractivity contribution >= 4 is 11.8 Å². The summed E-state index contributed by atoms with van der Waals surface area (Å²) in [7, 11) is 0. The van der Waals surface area contributed by atoms with Gasteiger partial charge in [-0.15, -0.1) is 0 Å². The maximum atomic E-state index is 13.2. The first-order chi connectivity index (χ1) is 13.5. The first-order valence-corrected chi connectivity index (χ1v) is 8.98. The lowest BCUT2D eigenvalue weighted by Gasteiger charge is -2.07. The summed E-state index contributed by atoms with van der Waals surface area (Å²) in [4.78, 5) is 23.6. The van der Waals surface area contributed by atoms with Crippen LogP contribution in [0.15, 0.2) is 60.9 Å². The van der Waals surface area contributed by atoms with E-state index < -0.39 is 0 Å². The van der Waals surface area contributed by atoms with Crippen LogP contribution in [-0.4, -0.2) is 21.6 Å². The van der Waals surface area contributed by atoms with Crippen molar-refractivity contribution in [1.82, 2.24) is 20.4 Å². The highest BCUT2D eigenvalue weighted by Crippen LogP contribution is 2.11. The molecule has 2 amide bonds. The highest BCUT2D eigenvalue weighted by atomic mass is 19.1. The molecule has 0 bridgehead atoms. The van der Waals surface area contributed by atoms with Crippen LogP contribution in [-0.2, 0) is 17.9 Å². The van der Waals surface area contributed by atoms with Gasteiger partial charge < -0.3 is 10.6 Å². The van der Waals surface area contributed by atoms with Crippen LogP contribution in [0.1, 0.15) is 34.8 Å². The third-order valence-corrected chi connectivity index (χ3v) is 4.18. The largest absolute Gasteiger partial charge is 0.352 e.